The number of rotatable bonds is 4. The number of hydrogen-bond donors (Lipinski definition) is 1. The predicted molar refractivity (Wildman–Crippen MR) is 87.2 cm³/mol. The van der Waals surface area contributed by atoms with Crippen LogP contribution in [0.25, 0.3) is 10.4 Å². The SMILES string of the molecule is CCOC(=O)c1sc(-c2ccc(Br)c(F)c2)c(CC)c1N. The van der Waals surface area contributed by atoms with Crippen LogP contribution in [0.3, 0.4) is 0 Å². The zero-order valence-corrected chi connectivity index (χ0v) is 14.1. The van der Waals surface area contributed by atoms with E-state index in [0.717, 1.165) is 10.4 Å². The second-order valence-electron chi connectivity index (χ2n) is 4.36. The van der Waals surface area contributed by atoms with Gasteiger partial charge in [0.1, 0.15) is 10.7 Å². The van der Waals surface area contributed by atoms with Crippen molar-refractivity contribution in [1.82, 2.24) is 0 Å². The molecule has 21 heavy (non-hydrogen) atoms. The summed E-state index contributed by atoms with van der Waals surface area (Å²) in [6, 6.07) is 4.88. The van der Waals surface area contributed by atoms with E-state index in [1.54, 1.807) is 19.1 Å². The Kier molecular flexibility index (Phi) is 5.00. The van der Waals surface area contributed by atoms with E-state index in [-0.39, 0.29) is 5.82 Å². The third kappa shape index (κ3) is 3.11. The monoisotopic (exact) mass is 371 g/mol. The molecule has 0 fully saturated rings. The largest absolute Gasteiger partial charge is 0.462 e. The summed E-state index contributed by atoms with van der Waals surface area (Å²) in [7, 11) is 0. The summed E-state index contributed by atoms with van der Waals surface area (Å²) in [6.45, 7) is 3.99. The Bertz CT molecular complexity index is 685. The fraction of sp³-hybridized carbons (Fsp3) is 0.267. The van der Waals surface area contributed by atoms with Crippen LogP contribution in [0.5, 0.6) is 0 Å². The molecule has 0 saturated heterocycles. The third-order valence-corrected chi connectivity index (χ3v) is 4.96. The summed E-state index contributed by atoms with van der Waals surface area (Å²) < 4.78 is 19.1. The average Bonchev–Trinajstić information content (AvgIpc) is 2.79. The zero-order valence-electron chi connectivity index (χ0n) is 11.7. The summed E-state index contributed by atoms with van der Waals surface area (Å²) in [5.74, 6) is -0.780. The van der Waals surface area contributed by atoms with Gasteiger partial charge in [-0.25, -0.2) is 9.18 Å². The van der Waals surface area contributed by atoms with Crippen LogP contribution < -0.4 is 5.73 Å². The number of hydrogen-bond acceptors (Lipinski definition) is 4. The summed E-state index contributed by atoms with van der Waals surface area (Å²) in [5.41, 5.74) is 8.05. The highest BCUT2D eigenvalue weighted by Crippen LogP contribution is 2.40. The van der Waals surface area contributed by atoms with Crippen molar-refractivity contribution in [3.63, 3.8) is 0 Å². The van der Waals surface area contributed by atoms with E-state index >= 15 is 0 Å². The quantitative estimate of drug-likeness (QED) is 0.796. The molecule has 2 aromatic rings. The number of nitrogen functional groups attached to an aromatic ring is 1. The molecule has 0 unspecified atom stereocenters. The fourth-order valence-electron chi connectivity index (χ4n) is 2.05. The van der Waals surface area contributed by atoms with Crippen LogP contribution in [0.1, 0.15) is 29.1 Å². The molecule has 0 spiro atoms. The molecule has 0 saturated carbocycles. The van der Waals surface area contributed by atoms with Crippen molar-refractivity contribution < 1.29 is 13.9 Å². The molecule has 0 aliphatic rings. The Balaban J connectivity index is 2.55. The normalized spacial score (nSPS) is 10.7. The minimum Gasteiger partial charge on any atom is -0.462 e. The molecule has 0 bridgehead atoms. The van der Waals surface area contributed by atoms with Gasteiger partial charge in [-0.05, 0) is 52.5 Å². The van der Waals surface area contributed by atoms with Crippen LogP contribution in [0.4, 0.5) is 10.1 Å². The number of anilines is 1. The van der Waals surface area contributed by atoms with Crippen LogP contribution in [0.15, 0.2) is 22.7 Å². The molecule has 0 aliphatic carbocycles. The van der Waals surface area contributed by atoms with Crippen molar-refractivity contribution in [2.75, 3.05) is 12.3 Å². The highest BCUT2D eigenvalue weighted by atomic mass is 79.9. The maximum Gasteiger partial charge on any atom is 0.350 e. The Labute approximate surface area is 135 Å². The van der Waals surface area contributed by atoms with Crippen molar-refractivity contribution in [3.8, 4) is 10.4 Å². The van der Waals surface area contributed by atoms with E-state index in [1.165, 1.54) is 17.4 Å². The molecule has 0 amide bonds. The van der Waals surface area contributed by atoms with Crippen LogP contribution in [0.2, 0.25) is 0 Å². The maximum atomic E-state index is 13.7. The number of nitrogens with two attached hydrogens (primary N) is 1. The van der Waals surface area contributed by atoms with E-state index in [1.807, 2.05) is 6.92 Å². The number of thiophene rings is 1. The first-order valence-electron chi connectivity index (χ1n) is 6.53. The van der Waals surface area contributed by atoms with E-state index in [2.05, 4.69) is 15.9 Å². The predicted octanol–water partition coefficient (Wildman–Crippen LogP) is 4.64. The molecule has 1 aromatic heterocycles. The molecule has 2 rings (SSSR count). The van der Waals surface area contributed by atoms with Crippen molar-refractivity contribution in [2.45, 2.75) is 20.3 Å². The second kappa shape index (κ2) is 6.58. The van der Waals surface area contributed by atoms with Crippen LogP contribution >= 0.6 is 27.3 Å². The van der Waals surface area contributed by atoms with Gasteiger partial charge in [-0.2, -0.15) is 0 Å². The van der Waals surface area contributed by atoms with Gasteiger partial charge >= 0.3 is 5.97 Å². The molecule has 0 aliphatic heterocycles. The molecule has 0 atom stereocenters. The number of esters is 1. The van der Waals surface area contributed by atoms with Crippen LogP contribution in [0, 0.1) is 5.82 Å². The molecular weight excluding hydrogens is 357 g/mol. The summed E-state index contributed by atoms with van der Waals surface area (Å²) in [5, 5.41) is 0. The van der Waals surface area contributed by atoms with Gasteiger partial charge < -0.3 is 10.5 Å². The minimum absolute atomic E-state index is 0.292. The maximum absolute atomic E-state index is 13.7. The highest BCUT2D eigenvalue weighted by molar-refractivity contribution is 9.10. The van der Waals surface area contributed by atoms with Gasteiger partial charge in [0.25, 0.3) is 0 Å². The first-order valence-corrected chi connectivity index (χ1v) is 8.14. The Hall–Kier alpha value is -1.40. The molecule has 1 heterocycles. The van der Waals surface area contributed by atoms with Gasteiger partial charge in [0.2, 0.25) is 0 Å². The highest BCUT2D eigenvalue weighted by Gasteiger charge is 2.22. The van der Waals surface area contributed by atoms with Crippen LogP contribution in [-0.4, -0.2) is 12.6 Å². The zero-order chi connectivity index (χ0) is 15.6. The van der Waals surface area contributed by atoms with Gasteiger partial charge in [0.15, 0.2) is 0 Å². The topological polar surface area (TPSA) is 52.3 Å². The lowest BCUT2D eigenvalue weighted by molar-refractivity contribution is 0.0533. The van der Waals surface area contributed by atoms with E-state index in [0.29, 0.717) is 33.6 Å². The summed E-state index contributed by atoms with van der Waals surface area (Å²) in [4.78, 5) is 13.1. The standard InChI is InChI=1S/C15H15BrFNO2S/c1-3-9-12(18)14(15(19)20-4-2)21-13(9)8-5-6-10(16)11(17)7-8/h5-7H,3-4,18H2,1-2H3. The van der Waals surface area contributed by atoms with Crippen molar-refractivity contribution in [2.24, 2.45) is 0 Å². The Morgan fingerprint density at radius 2 is 2.14 bits per heavy atom. The second-order valence-corrected chi connectivity index (χ2v) is 6.23. The van der Waals surface area contributed by atoms with Gasteiger partial charge in [-0.3, -0.25) is 0 Å². The van der Waals surface area contributed by atoms with Gasteiger partial charge in [-0.15, -0.1) is 11.3 Å². The molecule has 1 aromatic carbocycles. The smallest absolute Gasteiger partial charge is 0.350 e. The van der Waals surface area contributed by atoms with Crippen LogP contribution in [-0.2, 0) is 11.2 Å². The molecule has 112 valence electrons. The number of carbonyl (C=O) groups is 1. The number of carbonyl (C=O) groups excluding carboxylic acids is 1. The lowest BCUT2D eigenvalue weighted by atomic mass is 10.1. The first kappa shape index (κ1) is 16.0. The number of benzene rings is 1. The van der Waals surface area contributed by atoms with Gasteiger partial charge in [0, 0.05) is 4.88 Å². The van der Waals surface area contributed by atoms with Crippen molar-refractivity contribution in [3.05, 3.63) is 38.9 Å². The average molecular weight is 372 g/mol. The van der Waals surface area contributed by atoms with E-state index in [9.17, 15) is 9.18 Å². The third-order valence-electron chi connectivity index (χ3n) is 3.04. The summed E-state index contributed by atoms with van der Waals surface area (Å²) >= 11 is 4.38. The molecule has 0 radical (unpaired) electrons. The number of ether oxygens (including phenoxy) is 1. The van der Waals surface area contributed by atoms with Crippen molar-refractivity contribution in [1.29, 1.82) is 0 Å². The van der Waals surface area contributed by atoms with Gasteiger partial charge in [-0.1, -0.05) is 13.0 Å². The molecular formula is C15H15BrFNO2S. The Morgan fingerprint density at radius 3 is 2.71 bits per heavy atom. The number of halogens is 2. The minimum atomic E-state index is -0.432. The molecule has 3 nitrogen and oxygen atoms in total. The summed E-state index contributed by atoms with van der Waals surface area (Å²) in [6.07, 6.45) is 0.661. The fourth-order valence-corrected chi connectivity index (χ4v) is 3.50. The van der Waals surface area contributed by atoms with Gasteiger partial charge in [0.05, 0.1) is 16.8 Å². The first-order chi connectivity index (χ1) is 9.99. The lowest BCUT2D eigenvalue weighted by Crippen LogP contribution is -2.05. The van der Waals surface area contributed by atoms with E-state index in [4.69, 9.17) is 10.5 Å². The van der Waals surface area contributed by atoms with E-state index < -0.39 is 5.97 Å². The molecule has 6 heteroatoms. The lowest BCUT2D eigenvalue weighted by Gasteiger charge is -2.04. The molecule has 2 N–H and O–H groups in total. The van der Waals surface area contributed by atoms with Crippen molar-refractivity contribution >= 4 is 38.9 Å². The Morgan fingerprint density at radius 1 is 1.43 bits per heavy atom.